The molecule has 0 spiro atoms. The van der Waals surface area contributed by atoms with Crippen LogP contribution >= 0.6 is 0 Å². The van der Waals surface area contributed by atoms with E-state index in [2.05, 4.69) is 34.4 Å². The zero-order valence-corrected chi connectivity index (χ0v) is 13.2. The van der Waals surface area contributed by atoms with Crippen molar-refractivity contribution >= 4 is 11.6 Å². The van der Waals surface area contributed by atoms with Crippen molar-refractivity contribution in [2.45, 2.75) is 59.5 Å². The smallest absolute Gasteiger partial charge is 0.134 e. The van der Waals surface area contributed by atoms with Crippen LogP contribution < -0.4 is 10.6 Å². The quantitative estimate of drug-likeness (QED) is 0.649. The lowest BCUT2D eigenvalue weighted by atomic mass is 10.2. The van der Waals surface area contributed by atoms with Gasteiger partial charge in [0, 0.05) is 25.1 Å². The third-order valence-corrected chi connectivity index (χ3v) is 3.18. The summed E-state index contributed by atoms with van der Waals surface area (Å²) in [5.41, 5.74) is 1.02. The first-order valence-electron chi connectivity index (χ1n) is 7.65. The molecule has 1 aromatic heterocycles. The average Bonchev–Trinajstić information content (AvgIpc) is 2.45. The van der Waals surface area contributed by atoms with Gasteiger partial charge in [0.1, 0.15) is 17.5 Å². The van der Waals surface area contributed by atoms with E-state index in [9.17, 15) is 5.11 Å². The fourth-order valence-corrected chi connectivity index (χ4v) is 1.84. The number of nitrogens with zero attached hydrogens (tertiary/aromatic N) is 2. The lowest BCUT2D eigenvalue weighted by Gasteiger charge is -2.16. The van der Waals surface area contributed by atoms with Gasteiger partial charge in [-0.25, -0.2) is 9.97 Å². The first kappa shape index (κ1) is 16.7. The second kappa shape index (κ2) is 8.74. The molecule has 1 heterocycles. The summed E-state index contributed by atoms with van der Waals surface area (Å²) in [6, 6.07) is 0. The van der Waals surface area contributed by atoms with Gasteiger partial charge in [0.25, 0.3) is 0 Å². The first-order valence-corrected chi connectivity index (χ1v) is 7.65. The minimum absolute atomic E-state index is 0.342. The number of rotatable bonds is 9. The molecular formula is C15H28N4O. The molecule has 1 aromatic rings. The van der Waals surface area contributed by atoms with Crippen molar-refractivity contribution in [3.05, 3.63) is 11.4 Å². The molecule has 0 aliphatic carbocycles. The molecule has 5 nitrogen and oxygen atoms in total. The van der Waals surface area contributed by atoms with Crippen molar-refractivity contribution in [3.63, 3.8) is 0 Å². The van der Waals surface area contributed by atoms with Crippen LogP contribution in [-0.2, 0) is 6.42 Å². The van der Waals surface area contributed by atoms with E-state index in [1.807, 2.05) is 13.8 Å². The molecule has 3 N–H and O–H groups in total. The topological polar surface area (TPSA) is 70.1 Å². The van der Waals surface area contributed by atoms with Gasteiger partial charge in [-0.15, -0.1) is 0 Å². The second-order valence-corrected chi connectivity index (χ2v) is 5.08. The van der Waals surface area contributed by atoms with Crippen molar-refractivity contribution in [1.82, 2.24) is 9.97 Å². The van der Waals surface area contributed by atoms with Crippen LogP contribution in [0.5, 0.6) is 0 Å². The van der Waals surface area contributed by atoms with Crippen molar-refractivity contribution in [2.75, 3.05) is 23.7 Å². The van der Waals surface area contributed by atoms with Crippen molar-refractivity contribution in [2.24, 2.45) is 0 Å². The van der Waals surface area contributed by atoms with Crippen LogP contribution in [0.15, 0.2) is 0 Å². The van der Waals surface area contributed by atoms with Crippen molar-refractivity contribution in [3.8, 4) is 0 Å². The predicted octanol–water partition coefficient (Wildman–Crippen LogP) is 2.74. The molecule has 1 rings (SSSR count). The summed E-state index contributed by atoms with van der Waals surface area (Å²) in [6.45, 7) is 9.65. The Morgan fingerprint density at radius 3 is 2.25 bits per heavy atom. The van der Waals surface area contributed by atoms with E-state index in [1.54, 1.807) is 0 Å². The Hall–Kier alpha value is -1.36. The van der Waals surface area contributed by atoms with E-state index in [0.29, 0.717) is 6.54 Å². The number of aromatic nitrogens is 2. The number of aliphatic hydroxyl groups is 1. The van der Waals surface area contributed by atoms with Gasteiger partial charge in [-0.2, -0.15) is 0 Å². The van der Waals surface area contributed by atoms with E-state index in [-0.39, 0.29) is 6.10 Å². The Balaban J connectivity index is 2.91. The van der Waals surface area contributed by atoms with Crippen LogP contribution in [0.1, 0.15) is 51.4 Å². The summed E-state index contributed by atoms with van der Waals surface area (Å²) in [6.07, 6.45) is 3.34. The van der Waals surface area contributed by atoms with Crippen LogP contribution in [0.3, 0.4) is 0 Å². The van der Waals surface area contributed by atoms with Gasteiger partial charge in [-0.05, 0) is 26.2 Å². The van der Waals surface area contributed by atoms with E-state index < -0.39 is 0 Å². The number of hydrogen-bond acceptors (Lipinski definition) is 5. The summed E-state index contributed by atoms with van der Waals surface area (Å²) in [7, 11) is 0. The minimum Gasteiger partial charge on any atom is -0.391 e. The normalized spacial score (nSPS) is 12.2. The van der Waals surface area contributed by atoms with E-state index in [0.717, 1.165) is 55.3 Å². The Morgan fingerprint density at radius 2 is 1.70 bits per heavy atom. The lowest BCUT2D eigenvalue weighted by Crippen LogP contribution is -2.20. The summed E-state index contributed by atoms with van der Waals surface area (Å²) in [5.74, 6) is 2.58. The fourth-order valence-electron chi connectivity index (χ4n) is 1.84. The summed E-state index contributed by atoms with van der Waals surface area (Å²) in [4.78, 5) is 9.15. The van der Waals surface area contributed by atoms with Crippen LogP contribution in [0.25, 0.3) is 0 Å². The molecule has 5 heteroatoms. The number of hydrogen-bond donors (Lipinski definition) is 3. The molecule has 0 amide bonds. The molecule has 0 bridgehead atoms. The lowest BCUT2D eigenvalue weighted by molar-refractivity contribution is 0.183. The number of anilines is 2. The van der Waals surface area contributed by atoms with Gasteiger partial charge >= 0.3 is 0 Å². The van der Waals surface area contributed by atoms with Crippen LogP contribution in [-0.4, -0.2) is 34.3 Å². The monoisotopic (exact) mass is 280 g/mol. The molecule has 0 aliphatic heterocycles. The van der Waals surface area contributed by atoms with E-state index >= 15 is 0 Å². The highest BCUT2D eigenvalue weighted by Crippen LogP contribution is 2.20. The predicted molar refractivity (Wildman–Crippen MR) is 84.3 cm³/mol. The maximum Gasteiger partial charge on any atom is 0.134 e. The van der Waals surface area contributed by atoms with Gasteiger partial charge in [-0.3, -0.25) is 0 Å². The van der Waals surface area contributed by atoms with Gasteiger partial charge < -0.3 is 15.7 Å². The molecule has 0 radical (unpaired) electrons. The van der Waals surface area contributed by atoms with Crippen LogP contribution in [0.2, 0.25) is 0 Å². The highest BCUT2D eigenvalue weighted by Gasteiger charge is 2.11. The van der Waals surface area contributed by atoms with Gasteiger partial charge in [-0.1, -0.05) is 20.8 Å². The largest absolute Gasteiger partial charge is 0.391 e. The fraction of sp³-hybridized carbons (Fsp3) is 0.733. The Morgan fingerprint density at radius 1 is 1.05 bits per heavy atom. The SMILES string of the molecule is CCCNc1nc(CCC)nc(NCC(O)CC)c1C. The molecule has 0 saturated heterocycles. The Kier molecular flexibility index (Phi) is 7.30. The maximum atomic E-state index is 9.67. The standard InChI is InChI=1S/C15H28N4O/c1-5-8-13-18-14(16-9-6-2)11(4)15(19-13)17-10-12(20)7-3/h12,20H,5-10H2,1-4H3,(H2,16,17,18,19). The zero-order valence-electron chi connectivity index (χ0n) is 13.2. The summed E-state index contributed by atoms with van der Waals surface area (Å²) >= 11 is 0. The zero-order chi connectivity index (χ0) is 15.0. The third kappa shape index (κ3) is 4.96. The van der Waals surface area contributed by atoms with E-state index in [4.69, 9.17) is 0 Å². The Labute approximate surface area is 122 Å². The van der Waals surface area contributed by atoms with Crippen molar-refractivity contribution in [1.29, 1.82) is 0 Å². The molecule has 1 unspecified atom stereocenters. The van der Waals surface area contributed by atoms with Crippen LogP contribution in [0.4, 0.5) is 11.6 Å². The molecule has 1 atom stereocenters. The molecule has 0 fully saturated rings. The number of aliphatic hydroxyl groups excluding tert-OH is 1. The molecule has 114 valence electrons. The molecule has 0 aliphatic rings. The minimum atomic E-state index is -0.342. The molecular weight excluding hydrogens is 252 g/mol. The highest BCUT2D eigenvalue weighted by molar-refractivity contribution is 5.57. The number of aryl methyl sites for hydroxylation is 1. The summed E-state index contributed by atoms with van der Waals surface area (Å²) < 4.78 is 0. The highest BCUT2D eigenvalue weighted by atomic mass is 16.3. The summed E-state index contributed by atoms with van der Waals surface area (Å²) in [5, 5.41) is 16.3. The third-order valence-electron chi connectivity index (χ3n) is 3.18. The average molecular weight is 280 g/mol. The first-order chi connectivity index (χ1) is 9.62. The number of nitrogens with one attached hydrogen (secondary N) is 2. The van der Waals surface area contributed by atoms with Gasteiger partial charge in [0.15, 0.2) is 0 Å². The van der Waals surface area contributed by atoms with Gasteiger partial charge in [0.05, 0.1) is 6.10 Å². The molecule has 0 saturated carbocycles. The molecule has 0 aromatic carbocycles. The van der Waals surface area contributed by atoms with Crippen LogP contribution in [0, 0.1) is 6.92 Å². The molecule has 20 heavy (non-hydrogen) atoms. The maximum absolute atomic E-state index is 9.67. The van der Waals surface area contributed by atoms with E-state index in [1.165, 1.54) is 0 Å². The van der Waals surface area contributed by atoms with Crippen molar-refractivity contribution < 1.29 is 5.11 Å². The Bertz CT molecular complexity index is 409. The second-order valence-electron chi connectivity index (χ2n) is 5.08. The van der Waals surface area contributed by atoms with Gasteiger partial charge in [0.2, 0.25) is 0 Å².